The van der Waals surface area contributed by atoms with Crippen molar-refractivity contribution in [1.82, 2.24) is 0 Å². The number of hydrogen-bond acceptors (Lipinski definition) is 5. The van der Waals surface area contributed by atoms with Crippen molar-refractivity contribution >= 4 is 29.5 Å². The smallest absolute Gasteiger partial charge is 0.363 e. The van der Waals surface area contributed by atoms with Crippen LogP contribution in [0.5, 0.6) is 11.5 Å². The van der Waals surface area contributed by atoms with Gasteiger partial charge >= 0.3 is 5.97 Å². The Morgan fingerprint density at radius 3 is 2.59 bits per heavy atom. The summed E-state index contributed by atoms with van der Waals surface area (Å²) in [6, 6.07) is 18.4. The van der Waals surface area contributed by atoms with Crippen LogP contribution in [0.4, 0.5) is 4.39 Å². The van der Waals surface area contributed by atoms with E-state index in [1.54, 1.807) is 42.5 Å². The monoisotopic (exact) mass is 451 g/mol. The van der Waals surface area contributed by atoms with Gasteiger partial charge < -0.3 is 14.2 Å². The minimum atomic E-state index is -0.606. The van der Waals surface area contributed by atoms with E-state index in [0.29, 0.717) is 40.9 Å². The third kappa shape index (κ3) is 5.15. The van der Waals surface area contributed by atoms with Crippen LogP contribution in [0.1, 0.15) is 23.6 Å². The highest BCUT2D eigenvalue weighted by atomic mass is 35.5. The predicted octanol–water partition coefficient (Wildman–Crippen LogP) is 5.80. The molecule has 0 spiro atoms. The Bertz CT molecular complexity index is 1200. The molecule has 0 amide bonds. The van der Waals surface area contributed by atoms with Gasteiger partial charge in [-0.05, 0) is 66.6 Å². The molecule has 162 valence electrons. The summed E-state index contributed by atoms with van der Waals surface area (Å²) < 4.78 is 30.3. The van der Waals surface area contributed by atoms with Gasteiger partial charge in [-0.3, -0.25) is 0 Å². The molecule has 1 aliphatic heterocycles. The Morgan fingerprint density at radius 2 is 1.84 bits per heavy atom. The van der Waals surface area contributed by atoms with E-state index in [1.165, 1.54) is 18.2 Å². The van der Waals surface area contributed by atoms with Crippen LogP contribution < -0.4 is 9.47 Å². The second-order valence-corrected chi connectivity index (χ2v) is 7.34. The third-order valence-corrected chi connectivity index (χ3v) is 4.82. The van der Waals surface area contributed by atoms with Gasteiger partial charge in [0.15, 0.2) is 17.2 Å². The van der Waals surface area contributed by atoms with Gasteiger partial charge in [0.1, 0.15) is 12.4 Å². The Morgan fingerprint density at radius 1 is 1.03 bits per heavy atom. The molecule has 32 heavy (non-hydrogen) atoms. The van der Waals surface area contributed by atoms with Gasteiger partial charge in [0.25, 0.3) is 0 Å². The van der Waals surface area contributed by atoms with E-state index in [9.17, 15) is 9.18 Å². The van der Waals surface area contributed by atoms with Crippen molar-refractivity contribution in [1.29, 1.82) is 0 Å². The van der Waals surface area contributed by atoms with Crippen molar-refractivity contribution in [3.8, 4) is 11.5 Å². The van der Waals surface area contributed by atoms with E-state index in [-0.39, 0.29) is 11.6 Å². The fourth-order valence-corrected chi connectivity index (χ4v) is 3.18. The molecule has 0 N–H and O–H groups in total. The SMILES string of the molecule is CCOc1cc(C=C2N=C(c3cccc(F)c3)OC2=O)ccc1OCc1ccc(Cl)cc1. The van der Waals surface area contributed by atoms with Gasteiger partial charge in [0.2, 0.25) is 5.90 Å². The number of nitrogens with zero attached hydrogens (tertiary/aromatic N) is 1. The van der Waals surface area contributed by atoms with Crippen LogP contribution in [0.2, 0.25) is 5.02 Å². The molecule has 0 saturated carbocycles. The molecule has 0 fully saturated rings. The van der Waals surface area contributed by atoms with Crippen LogP contribution in [0, 0.1) is 5.82 Å². The minimum Gasteiger partial charge on any atom is -0.490 e. The first kappa shape index (κ1) is 21.6. The second-order valence-electron chi connectivity index (χ2n) is 6.90. The average molecular weight is 452 g/mol. The molecule has 5 nitrogen and oxygen atoms in total. The average Bonchev–Trinajstić information content (AvgIpc) is 3.15. The maximum Gasteiger partial charge on any atom is 0.363 e. The van der Waals surface area contributed by atoms with Crippen molar-refractivity contribution in [2.75, 3.05) is 6.61 Å². The van der Waals surface area contributed by atoms with Crippen LogP contribution in [-0.4, -0.2) is 18.5 Å². The summed E-state index contributed by atoms with van der Waals surface area (Å²) >= 11 is 5.92. The number of rotatable bonds is 7. The van der Waals surface area contributed by atoms with Gasteiger partial charge in [-0.25, -0.2) is 14.2 Å². The lowest BCUT2D eigenvalue weighted by atomic mass is 10.1. The van der Waals surface area contributed by atoms with Crippen LogP contribution in [0.3, 0.4) is 0 Å². The predicted molar refractivity (Wildman–Crippen MR) is 120 cm³/mol. The van der Waals surface area contributed by atoms with E-state index in [2.05, 4.69) is 4.99 Å². The van der Waals surface area contributed by atoms with Gasteiger partial charge in [-0.15, -0.1) is 0 Å². The van der Waals surface area contributed by atoms with Crippen LogP contribution in [-0.2, 0) is 16.1 Å². The largest absolute Gasteiger partial charge is 0.490 e. The molecule has 0 aliphatic carbocycles. The molecule has 1 heterocycles. The molecule has 1 aliphatic rings. The molecule has 0 saturated heterocycles. The Balaban J connectivity index is 1.55. The number of carbonyl (C=O) groups excluding carboxylic acids is 1. The van der Waals surface area contributed by atoms with Crippen molar-refractivity contribution in [3.05, 3.63) is 100.0 Å². The van der Waals surface area contributed by atoms with Gasteiger partial charge in [0.05, 0.1) is 6.61 Å². The maximum absolute atomic E-state index is 13.5. The molecular formula is C25H19ClFNO4. The summed E-state index contributed by atoms with van der Waals surface area (Å²) in [5.74, 6) is 0.131. The molecule has 0 atom stereocenters. The van der Waals surface area contributed by atoms with E-state index in [0.717, 1.165) is 5.56 Å². The summed E-state index contributed by atoms with van der Waals surface area (Å²) in [6.07, 6.45) is 1.58. The fourth-order valence-electron chi connectivity index (χ4n) is 3.06. The Kier molecular flexibility index (Phi) is 6.52. The van der Waals surface area contributed by atoms with Crippen LogP contribution in [0.25, 0.3) is 6.08 Å². The molecule has 3 aromatic rings. The molecule has 0 unspecified atom stereocenters. The standard InChI is InChI=1S/C25H19ClFNO4/c1-2-30-23-13-17(8-11-22(23)31-15-16-6-9-19(26)10-7-16)12-21-25(29)32-24(28-21)18-4-3-5-20(27)14-18/h3-14H,2,15H2,1H3. The minimum absolute atomic E-state index is 0.0636. The summed E-state index contributed by atoms with van der Waals surface area (Å²) in [7, 11) is 0. The number of carbonyl (C=O) groups is 1. The van der Waals surface area contributed by atoms with Crippen molar-refractivity contribution < 1.29 is 23.4 Å². The molecule has 4 rings (SSSR count). The lowest BCUT2D eigenvalue weighted by molar-refractivity contribution is -0.129. The van der Waals surface area contributed by atoms with Crippen molar-refractivity contribution in [2.45, 2.75) is 13.5 Å². The van der Waals surface area contributed by atoms with Crippen molar-refractivity contribution in [3.63, 3.8) is 0 Å². The third-order valence-electron chi connectivity index (χ3n) is 4.57. The molecule has 7 heteroatoms. The number of halogens is 2. The normalized spacial score (nSPS) is 14.3. The lowest BCUT2D eigenvalue weighted by Crippen LogP contribution is -2.05. The highest BCUT2D eigenvalue weighted by molar-refractivity contribution is 6.30. The van der Waals surface area contributed by atoms with E-state index < -0.39 is 11.8 Å². The number of aliphatic imine (C=N–C) groups is 1. The number of hydrogen-bond donors (Lipinski definition) is 0. The number of ether oxygens (including phenoxy) is 3. The number of cyclic esters (lactones) is 1. The first-order valence-electron chi connectivity index (χ1n) is 9.94. The zero-order chi connectivity index (χ0) is 22.5. The highest BCUT2D eigenvalue weighted by Crippen LogP contribution is 2.31. The summed E-state index contributed by atoms with van der Waals surface area (Å²) in [5, 5.41) is 0.662. The van der Waals surface area contributed by atoms with E-state index >= 15 is 0 Å². The second kappa shape index (κ2) is 9.66. The summed E-state index contributed by atoms with van der Waals surface area (Å²) in [4.78, 5) is 16.5. The summed E-state index contributed by atoms with van der Waals surface area (Å²) in [6.45, 7) is 2.67. The highest BCUT2D eigenvalue weighted by Gasteiger charge is 2.24. The Labute approximate surface area is 189 Å². The molecule has 0 bridgehead atoms. The quantitative estimate of drug-likeness (QED) is 0.336. The molecular weight excluding hydrogens is 433 g/mol. The fraction of sp³-hybridized carbons (Fsp3) is 0.120. The van der Waals surface area contributed by atoms with Gasteiger partial charge in [-0.1, -0.05) is 35.9 Å². The number of esters is 1. The first-order valence-corrected chi connectivity index (χ1v) is 10.3. The summed E-state index contributed by atoms with van der Waals surface area (Å²) in [5.41, 5.74) is 2.16. The molecule has 0 aromatic heterocycles. The van der Waals surface area contributed by atoms with Crippen molar-refractivity contribution in [2.24, 2.45) is 4.99 Å². The maximum atomic E-state index is 13.5. The Hall–Kier alpha value is -3.64. The topological polar surface area (TPSA) is 57.1 Å². The van der Waals surface area contributed by atoms with Gasteiger partial charge in [-0.2, -0.15) is 0 Å². The van der Waals surface area contributed by atoms with E-state index in [1.807, 2.05) is 19.1 Å². The van der Waals surface area contributed by atoms with E-state index in [4.69, 9.17) is 25.8 Å². The van der Waals surface area contributed by atoms with Crippen LogP contribution >= 0.6 is 11.6 Å². The van der Waals surface area contributed by atoms with Gasteiger partial charge in [0, 0.05) is 10.6 Å². The lowest BCUT2D eigenvalue weighted by Gasteiger charge is -2.13. The number of benzene rings is 3. The zero-order valence-corrected chi connectivity index (χ0v) is 17.9. The molecule has 3 aromatic carbocycles. The molecule has 0 radical (unpaired) electrons. The van der Waals surface area contributed by atoms with Crippen LogP contribution in [0.15, 0.2) is 77.4 Å². The first-order chi connectivity index (χ1) is 15.5. The zero-order valence-electron chi connectivity index (χ0n) is 17.2.